The number of aryl methyl sites for hydroxylation is 4. The lowest BCUT2D eigenvalue weighted by molar-refractivity contribution is 1.22. The van der Waals surface area contributed by atoms with E-state index in [4.69, 9.17) is 0 Å². The van der Waals surface area contributed by atoms with Gasteiger partial charge in [0.15, 0.2) is 0 Å². The second kappa shape index (κ2) is 20.5. The molecule has 0 saturated heterocycles. The smallest absolute Gasteiger partial charge is 0.0569 e. The van der Waals surface area contributed by atoms with Crippen LogP contribution < -0.4 is 9.80 Å². The van der Waals surface area contributed by atoms with Crippen LogP contribution in [0.4, 0.5) is 34.1 Å². The zero-order valence-corrected chi connectivity index (χ0v) is 46.7. The van der Waals surface area contributed by atoms with Gasteiger partial charge in [-0.2, -0.15) is 0 Å². The molecule has 2 nitrogen and oxygen atoms in total. The van der Waals surface area contributed by atoms with Crippen LogP contribution in [0.25, 0.3) is 96.0 Å². The van der Waals surface area contributed by atoms with E-state index in [1.807, 2.05) is 22.7 Å². The van der Waals surface area contributed by atoms with Gasteiger partial charge in [-0.05, 0) is 144 Å². The first-order valence-electron chi connectivity index (χ1n) is 27.5. The molecule has 4 heteroatoms. The molecule has 0 fully saturated rings. The highest BCUT2D eigenvalue weighted by atomic mass is 32.1. The quantitative estimate of drug-likeness (QED) is 0.127. The largest absolute Gasteiger partial charge is 0.309 e. The maximum atomic E-state index is 2.50. The minimum Gasteiger partial charge on any atom is -0.309 e. The summed E-state index contributed by atoms with van der Waals surface area (Å²) in [5.74, 6) is 0. The number of anilines is 6. The van der Waals surface area contributed by atoms with Crippen molar-refractivity contribution in [1.29, 1.82) is 0 Å². The summed E-state index contributed by atoms with van der Waals surface area (Å²) in [6.07, 6.45) is 0. The molecular weight excluding hydrogens is 1000 g/mol. The Hall–Kier alpha value is -9.32. The summed E-state index contributed by atoms with van der Waals surface area (Å²) in [7, 11) is 0. The molecule has 0 saturated carbocycles. The van der Waals surface area contributed by atoms with Crippen molar-refractivity contribution < 1.29 is 0 Å². The molecule has 0 bridgehead atoms. The summed E-state index contributed by atoms with van der Waals surface area (Å²) in [6.45, 7) is 9.06. The molecular formula is C76H56N2S2. The fourth-order valence-corrected chi connectivity index (χ4v) is 14.5. The van der Waals surface area contributed by atoms with Crippen LogP contribution in [0.1, 0.15) is 22.3 Å². The van der Waals surface area contributed by atoms with Crippen LogP contribution in [0.15, 0.2) is 267 Å². The Balaban J connectivity index is 0.894. The van der Waals surface area contributed by atoms with E-state index in [9.17, 15) is 0 Å². The number of para-hydroxylation sites is 2. The Kier molecular flexibility index (Phi) is 12.5. The van der Waals surface area contributed by atoms with Crippen molar-refractivity contribution >= 4 is 97.1 Å². The highest BCUT2D eigenvalue weighted by Gasteiger charge is 2.26. The molecule has 80 heavy (non-hydrogen) atoms. The van der Waals surface area contributed by atoms with Crippen molar-refractivity contribution in [3.8, 4) is 55.6 Å². The number of fused-ring (bicyclic) bond motifs is 6. The van der Waals surface area contributed by atoms with Crippen molar-refractivity contribution in [3.05, 3.63) is 289 Å². The van der Waals surface area contributed by atoms with Crippen molar-refractivity contribution in [1.82, 2.24) is 0 Å². The lowest BCUT2D eigenvalue weighted by atomic mass is 9.94. The van der Waals surface area contributed by atoms with Crippen molar-refractivity contribution in [2.24, 2.45) is 0 Å². The van der Waals surface area contributed by atoms with Crippen molar-refractivity contribution in [2.75, 3.05) is 9.80 Å². The van der Waals surface area contributed by atoms with Crippen LogP contribution in [-0.2, 0) is 0 Å². The summed E-state index contributed by atoms with van der Waals surface area (Å²) in [6, 6.07) is 98.4. The number of nitrogens with zero attached hydrogens (tertiary/aromatic N) is 2. The molecule has 0 spiro atoms. The first kappa shape index (κ1) is 49.0. The first-order chi connectivity index (χ1) is 39.3. The SMILES string of the molecule is Cc1cc(-c2ccc(N(c3ccc(-c4ccccc4)cc3)c3c(C)cccc3-c3cccc4c3sc3ccccc34)c(C)c2)ccc1N(c1ccc(-c2ccccc2)cc1)c1c(C)cccc1-c1cccc2c1sc1ccccc12. The lowest BCUT2D eigenvalue weighted by Crippen LogP contribution is -2.14. The molecule has 0 aliphatic heterocycles. The molecule has 0 N–H and O–H groups in total. The normalized spacial score (nSPS) is 11.5. The average molecular weight is 1060 g/mol. The third-order valence-corrected chi connectivity index (χ3v) is 18.4. The minimum atomic E-state index is 1.11. The van der Waals surface area contributed by atoms with Crippen LogP contribution in [0.5, 0.6) is 0 Å². The molecule has 0 amide bonds. The fraction of sp³-hybridized carbons (Fsp3) is 0.0526. The first-order valence-corrected chi connectivity index (χ1v) is 29.1. The lowest BCUT2D eigenvalue weighted by Gasteiger charge is -2.32. The standard InChI is InChI=1S/C76H56N2S2/c1-49-19-15-27-63(67-31-17-29-65-61-25-11-13-33-71(61)79-75(65)67)73(49)77(59-41-35-55(36-42-59)53-21-7-5-8-22-53)69-45-39-57(47-51(69)3)58-40-46-70(52(4)48-58)78(60-43-37-56(38-44-60)54-23-9-6-10-24-54)74-50(2)20-16-28-64(74)68-32-18-30-66-62-26-12-14-34-72(62)80-76(66)68/h5-48H,1-4H3. The summed E-state index contributed by atoms with van der Waals surface area (Å²) in [4.78, 5) is 5.00. The van der Waals surface area contributed by atoms with Crippen LogP contribution in [-0.4, -0.2) is 0 Å². The summed E-state index contributed by atoms with van der Waals surface area (Å²) in [5.41, 5.74) is 23.7. The fourth-order valence-electron chi connectivity index (χ4n) is 12.1. The maximum Gasteiger partial charge on any atom is 0.0569 e. The zero-order chi connectivity index (χ0) is 53.8. The van der Waals surface area contributed by atoms with Gasteiger partial charge in [0.1, 0.15) is 0 Å². The minimum absolute atomic E-state index is 1.11. The number of hydrogen-bond acceptors (Lipinski definition) is 4. The molecule has 14 rings (SSSR count). The zero-order valence-electron chi connectivity index (χ0n) is 45.1. The van der Waals surface area contributed by atoms with E-state index in [1.54, 1.807) is 0 Å². The van der Waals surface area contributed by atoms with Gasteiger partial charge in [0.25, 0.3) is 0 Å². The van der Waals surface area contributed by atoms with Gasteiger partial charge in [0.2, 0.25) is 0 Å². The Morgan fingerprint density at radius 3 is 1.00 bits per heavy atom. The van der Waals surface area contributed by atoms with E-state index < -0.39 is 0 Å². The van der Waals surface area contributed by atoms with E-state index >= 15 is 0 Å². The van der Waals surface area contributed by atoms with Gasteiger partial charge < -0.3 is 9.80 Å². The van der Waals surface area contributed by atoms with E-state index in [1.165, 1.54) is 130 Å². The highest BCUT2D eigenvalue weighted by molar-refractivity contribution is 7.26. The number of hydrogen-bond donors (Lipinski definition) is 0. The maximum absolute atomic E-state index is 2.50. The van der Waals surface area contributed by atoms with Gasteiger partial charge in [-0.25, -0.2) is 0 Å². The average Bonchev–Trinajstić information content (AvgIpc) is 4.18. The number of rotatable bonds is 11. The summed E-state index contributed by atoms with van der Waals surface area (Å²) >= 11 is 3.77. The van der Waals surface area contributed by atoms with Crippen LogP contribution >= 0.6 is 22.7 Å². The van der Waals surface area contributed by atoms with Gasteiger partial charge in [-0.15, -0.1) is 22.7 Å². The molecule has 0 aliphatic rings. The highest BCUT2D eigenvalue weighted by Crippen LogP contribution is 2.51. The molecule has 0 unspecified atom stereocenters. The second-order valence-electron chi connectivity index (χ2n) is 21.0. The Morgan fingerprint density at radius 2 is 0.588 bits per heavy atom. The van der Waals surface area contributed by atoms with E-state index in [-0.39, 0.29) is 0 Å². The van der Waals surface area contributed by atoms with Gasteiger partial charge in [-0.1, -0.05) is 206 Å². The molecule has 2 heterocycles. The molecule has 12 aromatic carbocycles. The Morgan fingerprint density at radius 1 is 0.250 bits per heavy atom. The second-order valence-corrected chi connectivity index (χ2v) is 23.1. The Bertz CT molecular complexity index is 4330. The predicted octanol–water partition coefficient (Wildman–Crippen LogP) is 22.9. The van der Waals surface area contributed by atoms with E-state index in [0.29, 0.717) is 0 Å². The van der Waals surface area contributed by atoms with Gasteiger partial charge in [0.05, 0.1) is 11.4 Å². The molecule has 14 aromatic rings. The van der Waals surface area contributed by atoms with Gasteiger partial charge >= 0.3 is 0 Å². The molecule has 0 radical (unpaired) electrons. The predicted molar refractivity (Wildman–Crippen MR) is 348 cm³/mol. The topological polar surface area (TPSA) is 6.48 Å². The molecule has 382 valence electrons. The van der Waals surface area contributed by atoms with Crippen LogP contribution in [0.2, 0.25) is 0 Å². The van der Waals surface area contributed by atoms with E-state index in [0.717, 1.165) is 22.7 Å². The summed E-state index contributed by atoms with van der Waals surface area (Å²) < 4.78 is 5.22. The number of thiophene rings is 2. The number of benzene rings is 12. The van der Waals surface area contributed by atoms with Gasteiger partial charge in [-0.3, -0.25) is 0 Å². The van der Waals surface area contributed by atoms with Crippen LogP contribution in [0, 0.1) is 27.7 Å². The summed E-state index contributed by atoms with van der Waals surface area (Å²) in [5, 5.41) is 5.20. The van der Waals surface area contributed by atoms with Crippen LogP contribution in [0.3, 0.4) is 0 Å². The Labute approximate surface area is 476 Å². The van der Waals surface area contributed by atoms with E-state index in [2.05, 4.69) is 304 Å². The molecule has 2 aromatic heterocycles. The molecule has 0 aliphatic carbocycles. The van der Waals surface area contributed by atoms with Crippen molar-refractivity contribution in [2.45, 2.75) is 27.7 Å². The van der Waals surface area contributed by atoms with Crippen molar-refractivity contribution in [3.63, 3.8) is 0 Å². The van der Waals surface area contributed by atoms with Gasteiger partial charge in [0, 0.05) is 85.3 Å². The third-order valence-electron chi connectivity index (χ3n) is 16.0. The third kappa shape index (κ3) is 8.65. The monoisotopic (exact) mass is 1060 g/mol. The molecule has 0 atom stereocenters.